The first-order valence-corrected chi connectivity index (χ1v) is 7.74. The van der Waals surface area contributed by atoms with Crippen LogP contribution in [0.15, 0.2) is 18.2 Å². The molecule has 0 heterocycles. The van der Waals surface area contributed by atoms with Crippen LogP contribution in [-0.4, -0.2) is 23.4 Å². The van der Waals surface area contributed by atoms with Gasteiger partial charge in [-0.15, -0.1) is 0 Å². The van der Waals surface area contributed by atoms with Crippen molar-refractivity contribution < 1.29 is 9.18 Å². The molecule has 0 bridgehead atoms. The Balaban J connectivity index is 2.26. The summed E-state index contributed by atoms with van der Waals surface area (Å²) in [5.41, 5.74) is 5.57. The highest BCUT2D eigenvalue weighted by atomic mass is 35.5. The maximum absolute atomic E-state index is 14.0. The van der Waals surface area contributed by atoms with Gasteiger partial charge in [0.15, 0.2) is 0 Å². The Hall–Kier alpha value is -1.13. The van der Waals surface area contributed by atoms with Crippen molar-refractivity contribution in [2.24, 2.45) is 11.1 Å². The maximum Gasteiger partial charge on any atom is 0.230 e. The predicted molar refractivity (Wildman–Crippen MR) is 82.4 cm³/mol. The lowest BCUT2D eigenvalue weighted by Gasteiger charge is -2.33. The van der Waals surface area contributed by atoms with Crippen molar-refractivity contribution in [3.8, 4) is 0 Å². The number of nitrogens with two attached hydrogens (primary N) is 1. The third-order valence-electron chi connectivity index (χ3n) is 4.39. The van der Waals surface area contributed by atoms with Crippen molar-refractivity contribution >= 4 is 17.5 Å². The zero-order chi connectivity index (χ0) is 15.6. The van der Waals surface area contributed by atoms with E-state index in [4.69, 9.17) is 17.3 Å². The third kappa shape index (κ3) is 3.38. The van der Waals surface area contributed by atoms with Gasteiger partial charge in [-0.2, -0.15) is 0 Å². The molecular formula is C16H22ClFN2O. The van der Waals surface area contributed by atoms with E-state index in [-0.39, 0.29) is 30.9 Å². The highest BCUT2D eigenvalue weighted by Gasteiger charge is 2.41. The lowest BCUT2D eigenvalue weighted by molar-refractivity contribution is -0.142. The monoisotopic (exact) mass is 312 g/mol. The van der Waals surface area contributed by atoms with Crippen LogP contribution < -0.4 is 5.73 Å². The van der Waals surface area contributed by atoms with E-state index < -0.39 is 5.41 Å². The summed E-state index contributed by atoms with van der Waals surface area (Å²) in [5.74, 6) is -0.374. The van der Waals surface area contributed by atoms with Crippen molar-refractivity contribution in [2.75, 3.05) is 6.54 Å². The number of hydrogen-bond acceptors (Lipinski definition) is 2. The first kappa shape index (κ1) is 16.2. The Morgan fingerprint density at radius 1 is 1.52 bits per heavy atom. The SMILES string of the molecule is CCC(C)(CN)C(=O)N(Cc1c(F)cccc1Cl)C1CC1. The second-order valence-electron chi connectivity index (χ2n) is 5.98. The summed E-state index contributed by atoms with van der Waals surface area (Å²) in [4.78, 5) is 14.6. The molecule has 3 nitrogen and oxygen atoms in total. The van der Waals surface area contributed by atoms with Gasteiger partial charge in [-0.25, -0.2) is 4.39 Å². The molecule has 116 valence electrons. The summed E-state index contributed by atoms with van der Waals surface area (Å²) in [6, 6.07) is 4.78. The molecule has 1 aromatic rings. The average Bonchev–Trinajstić information content (AvgIpc) is 3.30. The first-order valence-electron chi connectivity index (χ1n) is 7.37. The summed E-state index contributed by atoms with van der Waals surface area (Å²) in [5, 5.41) is 0.361. The molecule has 5 heteroatoms. The van der Waals surface area contributed by atoms with Crippen LogP contribution in [0.2, 0.25) is 5.02 Å². The van der Waals surface area contributed by atoms with Gasteiger partial charge in [-0.1, -0.05) is 24.6 Å². The molecule has 1 saturated carbocycles. The maximum atomic E-state index is 14.0. The quantitative estimate of drug-likeness (QED) is 0.875. The van der Waals surface area contributed by atoms with Crippen molar-refractivity contribution in [2.45, 2.75) is 45.7 Å². The second kappa shape index (κ2) is 6.32. The highest BCUT2D eigenvalue weighted by Crippen LogP contribution is 2.35. The Morgan fingerprint density at radius 3 is 2.67 bits per heavy atom. The van der Waals surface area contributed by atoms with Crippen LogP contribution in [-0.2, 0) is 11.3 Å². The fraction of sp³-hybridized carbons (Fsp3) is 0.562. The van der Waals surface area contributed by atoms with E-state index in [9.17, 15) is 9.18 Å². The molecular weight excluding hydrogens is 291 g/mol. The highest BCUT2D eigenvalue weighted by molar-refractivity contribution is 6.31. The Labute approximate surface area is 130 Å². The first-order chi connectivity index (χ1) is 9.92. The smallest absolute Gasteiger partial charge is 0.230 e. The van der Waals surface area contributed by atoms with Gasteiger partial charge in [-0.05, 0) is 38.3 Å². The standard InChI is InChI=1S/C16H22ClFN2O/c1-3-16(2,10-19)15(21)20(11-7-8-11)9-12-13(17)5-4-6-14(12)18/h4-6,11H,3,7-10,19H2,1-2H3. The molecule has 0 spiro atoms. The van der Waals surface area contributed by atoms with Crippen molar-refractivity contribution in [1.82, 2.24) is 4.90 Å². The van der Waals surface area contributed by atoms with E-state index in [1.807, 2.05) is 13.8 Å². The van der Waals surface area contributed by atoms with Gasteiger partial charge < -0.3 is 10.6 Å². The number of hydrogen-bond donors (Lipinski definition) is 1. The third-order valence-corrected chi connectivity index (χ3v) is 4.74. The topological polar surface area (TPSA) is 46.3 Å². The largest absolute Gasteiger partial charge is 0.335 e. The van der Waals surface area contributed by atoms with E-state index in [1.165, 1.54) is 6.07 Å². The van der Waals surface area contributed by atoms with Gasteiger partial charge >= 0.3 is 0 Å². The molecule has 2 N–H and O–H groups in total. The van der Waals surface area contributed by atoms with E-state index >= 15 is 0 Å². The minimum absolute atomic E-state index is 0.00526. The number of carbonyl (C=O) groups excluding carboxylic acids is 1. The number of nitrogens with zero attached hydrogens (tertiary/aromatic N) is 1. The van der Waals surface area contributed by atoms with Crippen LogP contribution in [0.4, 0.5) is 4.39 Å². The number of rotatable bonds is 6. The van der Waals surface area contributed by atoms with E-state index in [2.05, 4.69) is 0 Å². The fourth-order valence-corrected chi connectivity index (χ4v) is 2.56. The summed E-state index contributed by atoms with van der Waals surface area (Å²) in [6.07, 6.45) is 2.58. The molecule has 1 amide bonds. The van der Waals surface area contributed by atoms with Crippen LogP contribution in [0.25, 0.3) is 0 Å². The Morgan fingerprint density at radius 2 is 2.19 bits per heavy atom. The number of benzene rings is 1. The van der Waals surface area contributed by atoms with Crippen LogP contribution >= 0.6 is 11.6 Å². The van der Waals surface area contributed by atoms with Gasteiger partial charge in [0, 0.05) is 23.2 Å². The van der Waals surface area contributed by atoms with Crippen molar-refractivity contribution in [3.63, 3.8) is 0 Å². The normalized spacial score (nSPS) is 17.4. The van der Waals surface area contributed by atoms with Crippen LogP contribution in [0.1, 0.15) is 38.7 Å². The lowest BCUT2D eigenvalue weighted by atomic mass is 9.85. The van der Waals surface area contributed by atoms with E-state index in [0.29, 0.717) is 17.0 Å². The minimum atomic E-state index is -0.597. The lowest BCUT2D eigenvalue weighted by Crippen LogP contribution is -2.46. The zero-order valence-corrected chi connectivity index (χ0v) is 13.3. The Kier molecular flexibility index (Phi) is 4.89. The molecule has 1 fully saturated rings. The molecule has 1 aromatic carbocycles. The summed E-state index contributed by atoms with van der Waals surface area (Å²) in [6.45, 7) is 4.32. The van der Waals surface area contributed by atoms with Crippen molar-refractivity contribution in [1.29, 1.82) is 0 Å². The molecule has 0 radical (unpaired) electrons. The second-order valence-corrected chi connectivity index (χ2v) is 6.39. The Bertz CT molecular complexity index is 507. The molecule has 1 atom stereocenters. The van der Waals surface area contributed by atoms with Gasteiger partial charge in [0.05, 0.1) is 12.0 Å². The number of carbonyl (C=O) groups is 1. The van der Waals surface area contributed by atoms with Gasteiger partial charge in [-0.3, -0.25) is 4.79 Å². The number of amides is 1. The van der Waals surface area contributed by atoms with Crippen molar-refractivity contribution in [3.05, 3.63) is 34.6 Å². The predicted octanol–water partition coefficient (Wildman–Crippen LogP) is 3.35. The molecule has 0 aliphatic heterocycles. The summed E-state index contributed by atoms with van der Waals surface area (Å²) < 4.78 is 14.0. The molecule has 0 saturated heterocycles. The molecule has 1 aliphatic rings. The van der Waals surface area contributed by atoms with E-state index in [0.717, 1.165) is 12.8 Å². The molecule has 1 aliphatic carbocycles. The van der Waals surface area contributed by atoms with Gasteiger partial charge in [0.25, 0.3) is 0 Å². The average molecular weight is 313 g/mol. The summed E-state index contributed by atoms with van der Waals surface area (Å²) in [7, 11) is 0. The number of halogens is 2. The van der Waals surface area contributed by atoms with Gasteiger partial charge in [0.1, 0.15) is 5.82 Å². The van der Waals surface area contributed by atoms with Crippen LogP contribution in [0.5, 0.6) is 0 Å². The van der Waals surface area contributed by atoms with Crippen LogP contribution in [0, 0.1) is 11.2 Å². The fourth-order valence-electron chi connectivity index (χ4n) is 2.34. The molecule has 1 unspecified atom stereocenters. The molecule has 2 rings (SSSR count). The van der Waals surface area contributed by atoms with Gasteiger partial charge in [0.2, 0.25) is 5.91 Å². The van der Waals surface area contributed by atoms with Crippen LogP contribution in [0.3, 0.4) is 0 Å². The molecule has 21 heavy (non-hydrogen) atoms. The van der Waals surface area contributed by atoms with E-state index in [1.54, 1.807) is 17.0 Å². The zero-order valence-electron chi connectivity index (χ0n) is 12.5. The minimum Gasteiger partial charge on any atom is -0.335 e. The molecule has 0 aromatic heterocycles. The summed E-state index contributed by atoms with van der Waals surface area (Å²) >= 11 is 6.08.